The van der Waals surface area contributed by atoms with Crippen molar-refractivity contribution in [2.45, 2.75) is 25.8 Å². The van der Waals surface area contributed by atoms with E-state index in [1.807, 2.05) is 6.92 Å². The fourth-order valence-corrected chi connectivity index (χ4v) is 2.54. The van der Waals surface area contributed by atoms with Crippen LogP contribution in [-0.4, -0.2) is 28.6 Å². The Morgan fingerprint density at radius 1 is 1.45 bits per heavy atom. The lowest BCUT2D eigenvalue weighted by atomic mass is 10.1. The quantitative estimate of drug-likeness (QED) is 0.792. The lowest BCUT2D eigenvalue weighted by Crippen LogP contribution is -2.35. The molecule has 3 N–H and O–H groups in total. The van der Waals surface area contributed by atoms with Crippen LogP contribution in [0.3, 0.4) is 0 Å². The van der Waals surface area contributed by atoms with E-state index < -0.39 is 0 Å². The molecule has 0 bridgehead atoms. The standard InChI is InChI=1S/C14H16Cl2N2O2/c1-2-9(5-6-19)17-14(20)13-12(16)10-7-8(15)3-4-11(10)18-13/h3-4,7,9,18-19H,2,5-6H2,1H3,(H,17,20). The van der Waals surface area contributed by atoms with Crippen molar-refractivity contribution in [3.63, 3.8) is 0 Å². The second kappa shape index (κ2) is 6.48. The van der Waals surface area contributed by atoms with Gasteiger partial charge in [0.1, 0.15) is 5.69 Å². The minimum atomic E-state index is -0.275. The van der Waals surface area contributed by atoms with Crippen LogP contribution < -0.4 is 5.32 Å². The van der Waals surface area contributed by atoms with Crippen molar-refractivity contribution in [3.05, 3.63) is 33.9 Å². The van der Waals surface area contributed by atoms with E-state index in [9.17, 15) is 4.79 Å². The number of aliphatic hydroxyl groups excluding tert-OH is 1. The monoisotopic (exact) mass is 314 g/mol. The van der Waals surface area contributed by atoms with Crippen LogP contribution in [0.4, 0.5) is 0 Å². The molecule has 20 heavy (non-hydrogen) atoms. The molecule has 2 rings (SSSR count). The van der Waals surface area contributed by atoms with Gasteiger partial charge in [-0.2, -0.15) is 0 Å². The summed E-state index contributed by atoms with van der Waals surface area (Å²) in [5, 5.41) is 13.5. The smallest absolute Gasteiger partial charge is 0.269 e. The predicted octanol–water partition coefficient (Wildman–Crippen LogP) is 3.37. The Hall–Kier alpha value is -1.23. The van der Waals surface area contributed by atoms with Gasteiger partial charge >= 0.3 is 0 Å². The van der Waals surface area contributed by atoms with Gasteiger partial charge in [-0.25, -0.2) is 0 Å². The molecule has 6 heteroatoms. The summed E-state index contributed by atoms with van der Waals surface area (Å²) in [6, 6.07) is 5.17. The summed E-state index contributed by atoms with van der Waals surface area (Å²) in [4.78, 5) is 15.2. The molecule has 0 aliphatic rings. The molecular formula is C14H16Cl2N2O2. The Balaban J connectivity index is 2.28. The molecule has 0 spiro atoms. The van der Waals surface area contributed by atoms with Gasteiger partial charge in [0.25, 0.3) is 5.91 Å². The van der Waals surface area contributed by atoms with E-state index in [-0.39, 0.29) is 18.6 Å². The molecule has 1 amide bonds. The highest BCUT2D eigenvalue weighted by molar-refractivity contribution is 6.39. The number of carbonyl (C=O) groups excluding carboxylic acids is 1. The summed E-state index contributed by atoms with van der Waals surface area (Å²) in [6.45, 7) is 1.99. The van der Waals surface area contributed by atoms with E-state index in [2.05, 4.69) is 10.3 Å². The summed E-state index contributed by atoms with van der Waals surface area (Å²) in [6.07, 6.45) is 1.27. The molecule has 1 atom stereocenters. The largest absolute Gasteiger partial charge is 0.396 e. The van der Waals surface area contributed by atoms with Crippen LogP contribution in [-0.2, 0) is 0 Å². The van der Waals surface area contributed by atoms with Gasteiger partial charge in [0, 0.05) is 28.6 Å². The van der Waals surface area contributed by atoms with Crippen molar-refractivity contribution in [2.24, 2.45) is 0 Å². The first-order chi connectivity index (χ1) is 9.56. The molecule has 0 saturated carbocycles. The van der Waals surface area contributed by atoms with E-state index in [4.69, 9.17) is 28.3 Å². The molecule has 4 nitrogen and oxygen atoms in total. The second-order valence-electron chi connectivity index (χ2n) is 4.59. The third-order valence-electron chi connectivity index (χ3n) is 3.23. The van der Waals surface area contributed by atoms with E-state index in [0.29, 0.717) is 22.2 Å². The topological polar surface area (TPSA) is 65.1 Å². The molecule has 0 saturated heterocycles. The van der Waals surface area contributed by atoms with Crippen LogP contribution in [0.25, 0.3) is 10.9 Å². The number of fused-ring (bicyclic) bond motifs is 1. The third kappa shape index (κ3) is 3.08. The molecule has 0 radical (unpaired) electrons. The molecule has 1 heterocycles. The zero-order chi connectivity index (χ0) is 14.7. The maximum Gasteiger partial charge on any atom is 0.269 e. The van der Waals surface area contributed by atoms with E-state index in [1.54, 1.807) is 18.2 Å². The van der Waals surface area contributed by atoms with Crippen molar-refractivity contribution in [3.8, 4) is 0 Å². The second-order valence-corrected chi connectivity index (χ2v) is 5.41. The number of aliphatic hydroxyl groups is 1. The predicted molar refractivity (Wildman–Crippen MR) is 81.6 cm³/mol. The third-order valence-corrected chi connectivity index (χ3v) is 3.86. The molecule has 1 unspecified atom stereocenters. The van der Waals surface area contributed by atoms with E-state index >= 15 is 0 Å². The van der Waals surface area contributed by atoms with Crippen LogP contribution in [0, 0.1) is 0 Å². The Kier molecular flexibility index (Phi) is 4.91. The number of hydrogen-bond acceptors (Lipinski definition) is 2. The van der Waals surface area contributed by atoms with E-state index in [1.165, 1.54) is 0 Å². The first kappa shape index (κ1) is 15.2. The van der Waals surface area contributed by atoms with Crippen LogP contribution >= 0.6 is 23.2 Å². The van der Waals surface area contributed by atoms with Gasteiger partial charge in [-0.3, -0.25) is 4.79 Å². The van der Waals surface area contributed by atoms with E-state index in [0.717, 1.165) is 17.3 Å². The fourth-order valence-electron chi connectivity index (χ4n) is 2.08. The highest BCUT2D eigenvalue weighted by atomic mass is 35.5. The number of aromatic amines is 1. The molecule has 1 aromatic heterocycles. The number of nitrogens with one attached hydrogen (secondary N) is 2. The van der Waals surface area contributed by atoms with Crippen LogP contribution in [0.1, 0.15) is 30.3 Å². The highest BCUT2D eigenvalue weighted by Crippen LogP contribution is 2.29. The summed E-state index contributed by atoms with van der Waals surface area (Å²) >= 11 is 12.2. The minimum Gasteiger partial charge on any atom is -0.396 e. The summed E-state index contributed by atoms with van der Waals surface area (Å²) in [7, 11) is 0. The van der Waals surface area contributed by atoms with Gasteiger partial charge < -0.3 is 15.4 Å². The number of carbonyl (C=O) groups is 1. The number of halogens is 2. The first-order valence-corrected chi connectivity index (χ1v) is 7.20. The summed E-state index contributed by atoms with van der Waals surface area (Å²) < 4.78 is 0. The Morgan fingerprint density at radius 2 is 2.20 bits per heavy atom. The van der Waals surface area contributed by atoms with Gasteiger partial charge in [0.2, 0.25) is 0 Å². The number of H-pyrrole nitrogens is 1. The number of hydrogen-bond donors (Lipinski definition) is 3. The number of amides is 1. The van der Waals surface area contributed by atoms with Crippen molar-refractivity contribution in [1.82, 2.24) is 10.3 Å². The van der Waals surface area contributed by atoms with Crippen molar-refractivity contribution in [1.29, 1.82) is 0 Å². The number of rotatable bonds is 5. The molecule has 0 fully saturated rings. The molecule has 0 aliphatic heterocycles. The number of aromatic nitrogens is 1. The zero-order valence-electron chi connectivity index (χ0n) is 11.0. The lowest BCUT2D eigenvalue weighted by molar-refractivity contribution is 0.0925. The Bertz CT molecular complexity index is 625. The van der Waals surface area contributed by atoms with Crippen molar-refractivity contribution >= 4 is 40.0 Å². The van der Waals surface area contributed by atoms with Crippen LogP contribution in [0.2, 0.25) is 10.0 Å². The van der Waals surface area contributed by atoms with Crippen molar-refractivity contribution in [2.75, 3.05) is 6.61 Å². The summed E-state index contributed by atoms with van der Waals surface area (Å²) in [5.74, 6) is -0.275. The summed E-state index contributed by atoms with van der Waals surface area (Å²) in [5.41, 5.74) is 1.08. The fraction of sp³-hybridized carbons (Fsp3) is 0.357. The van der Waals surface area contributed by atoms with Crippen LogP contribution in [0.5, 0.6) is 0 Å². The van der Waals surface area contributed by atoms with Gasteiger partial charge in [-0.05, 0) is 31.0 Å². The molecule has 108 valence electrons. The normalized spacial score (nSPS) is 12.6. The van der Waals surface area contributed by atoms with Gasteiger partial charge in [0.15, 0.2) is 0 Å². The van der Waals surface area contributed by atoms with Crippen molar-refractivity contribution < 1.29 is 9.90 Å². The molecular weight excluding hydrogens is 299 g/mol. The SMILES string of the molecule is CCC(CCO)NC(=O)c1[nH]c2ccc(Cl)cc2c1Cl. The molecule has 1 aromatic carbocycles. The minimum absolute atomic E-state index is 0.0365. The molecule has 0 aliphatic carbocycles. The van der Waals surface area contributed by atoms with Crippen LogP contribution in [0.15, 0.2) is 18.2 Å². The first-order valence-electron chi connectivity index (χ1n) is 6.45. The average molecular weight is 315 g/mol. The average Bonchev–Trinajstić information content (AvgIpc) is 2.75. The van der Waals surface area contributed by atoms with Gasteiger partial charge in [-0.15, -0.1) is 0 Å². The molecule has 2 aromatic rings. The Labute approximate surface area is 127 Å². The Morgan fingerprint density at radius 3 is 2.85 bits per heavy atom. The number of benzene rings is 1. The maximum atomic E-state index is 12.2. The zero-order valence-corrected chi connectivity index (χ0v) is 12.6. The maximum absolute atomic E-state index is 12.2. The highest BCUT2D eigenvalue weighted by Gasteiger charge is 2.18. The van der Waals surface area contributed by atoms with Gasteiger partial charge in [0.05, 0.1) is 5.02 Å². The lowest BCUT2D eigenvalue weighted by Gasteiger charge is -2.15. The van der Waals surface area contributed by atoms with Gasteiger partial charge in [-0.1, -0.05) is 30.1 Å².